The lowest BCUT2D eigenvalue weighted by molar-refractivity contribution is 0.298. The minimum atomic E-state index is 0.573. The highest BCUT2D eigenvalue weighted by Gasteiger charge is 2.12. The Kier molecular flexibility index (Phi) is 4.99. The van der Waals surface area contributed by atoms with E-state index in [4.69, 9.17) is 15.5 Å². The number of pyridine rings is 1. The zero-order chi connectivity index (χ0) is 16.9. The van der Waals surface area contributed by atoms with Crippen LogP contribution in [0.4, 0.5) is 5.69 Å². The Balaban J connectivity index is 1.77. The second kappa shape index (κ2) is 7.34. The monoisotopic (exact) mass is 324 g/mol. The molecular formula is C19H24N4O. The predicted octanol–water partition coefficient (Wildman–Crippen LogP) is 3.74. The fraction of sp³-hybridized carbons (Fsp3) is 0.368. The molecule has 0 saturated heterocycles. The Bertz CT molecular complexity index is 808. The zero-order valence-corrected chi connectivity index (χ0v) is 14.3. The number of imidazole rings is 1. The summed E-state index contributed by atoms with van der Waals surface area (Å²) in [5, 5.41) is 0. The molecule has 5 heteroatoms. The first-order valence-electron chi connectivity index (χ1n) is 8.47. The van der Waals surface area contributed by atoms with Crippen LogP contribution in [0.15, 0.2) is 36.5 Å². The maximum Gasteiger partial charge on any atom is 0.160 e. The average Bonchev–Trinajstić information content (AvgIpc) is 2.91. The van der Waals surface area contributed by atoms with Gasteiger partial charge >= 0.3 is 0 Å². The Labute approximate surface area is 142 Å². The molecule has 0 atom stereocenters. The standard InChI is InChI=1S/C19H24N4O/c1-3-4-5-18-22-17-12-14(2)13-21-19(17)23(18)10-11-24-16-8-6-15(20)7-9-16/h6-9,12-13H,3-5,10-11,20H2,1-2H3. The van der Waals surface area contributed by atoms with Crippen molar-refractivity contribution in [2.45, 2.75) is 39.7 Å². The van der Waals surface area contributed by atoms with Crippen molar-refractivity contribution in [2.75, 3.05) is 12.3 Å². The molecule has 0 amide bonds. The number of aryl methyl sites for hydroxylation is 2. The van der Waals surface area contributed by atoms with Gasteiger partial charge in [-0.1, -0.05) is 13.3 Å². The normalized spacial score (nSPS) is 11.1. The quantitative estimate of drug-likeness (QED) is 0.672. The van der Waals surface area contributed by atoms with Gasteiger partial charge in [0.25, 0.3) is 0 Å². The predicted molar refractivity (Wildman–Crippen MR) is 97.2 cm³/mol. The van der Waals surface area contributed by atoms with Crippen LogP contribution >= 0.6 is 0 Å². The van der Waals surface area contributed by atoms with Crippen LogP contribution < -0.4 is 10.5 Å². The molecule has 24 heavy (non-hydrogen) atoms. The van der Waals surface area contributed by atoms with Crippen LogP contribution in [0, 0.1) is 6.92 Å². The van der Waals surface area contributed by atoms with E-state index >= 15 is 0 Å². The number of benzene rings is 1. The number of aromatic nitrogens is 3. The summed E-state index contributed by atoms with van der Waals surface area (Å²) in [4.78, 5) is 9.35. The number of unbranched alkanes of at least 4 members (excludes halogenated alkanes) is 1. The highest BCUT2D eigenvalue weighted by molar-refractivity contribution is 5.72. The Morgan fingerprint density at radius 3 is 2.75 bits per heavy atom. The molecule has 126 valence electrons. The van der Waals surface area contributed by atoms with Crippen LogP contribution in [0.25, 0.3) is 11.2 Å². The Hall–Kier alpha value is -2.56. The summed E-state index contributed by atoms with van der Waals surface area (Å²) in [5.74, 6) is 1.92. The summed E-state index contributed by atoms with van der Waals surface area (Å²) in [5.41, 5.74) is 9.47. The lowest BCUT2D eigenvalue weighted by atomic mass is 10.2. The van der Waals surface area contributed by atoms with Gasteiger partial charge in [-0.2, -0.15) is 0 Å². The van der Waals surface area contributed by atoms with E-state index in [0.29, 0.717) is 6.61 Å². The van der Waals surface area contributed by atoms with Gasteiger partial charge in [-0.25, -0.2) is 9.97 Å². The van der Waals surface area contributed by atoms with Crippen molar-refractivity contribution in [3.63, 3.8) is 0 Å². The summed E-state index contributed by atoms with van der Waals surface area (Å²) < 4.78 is 8.02. The first kappa shape index (κ1) is 16.3. The number of hydrogen-bond acceptors (Lipinski definition) is 4. The van der Waals surface area contributed by atoms with Gasteiger partial charge in [0.1, 0.15) is 23.7 Å². The minimum Gasteiger partial charge on any atom is -0.492 e. The number of nitrogens with zero attached hydrogens (tertiary/aromatic N) is 3. The Morgan fingerprint density at radius 1 is 1.21 bits per heavy atom. The molecule has 0 saturated carbocycles. The average molecular weight is 324 g/mol. The maximum absolute atomic E-state index is 5.83. The summed E-state index contributed by atoms with van der Waals surface area (Å²) in [6.07, 6.45) is 5.14. The van der Waals surface area contributed by atoms with Crippen molar-refractivity contribution in [3.8, 4) is 5.75 Å². The molecule has 0 aliphatic heterocycles. The topological polar surface area (TPSA) is 66.0 Å². The third-order valence-corrected chi connectivity index (χ3v) is 4.02. The maximum atomic E-state index is 5.83. The van der Waals surface area contributed by atoms with Crippen LogP contribution in [0.5, 0.6) is 5.75 Å². The molecule has 1 aromatic carbocycles. The summed E-state index contributed by atoms with van der Waals surface area (Å²) in [7, 11) is 0. The fourth-order valence-corrected chi connectivity index (χ4v) is 2.74. The smallest absolute Gasteiger partial charge is 0.160 e. The van der Waals surface area contributed by atoms with E-state index < -0.39 is 0 Å². The van der Waals surface area contributed by atoms with Crippen LogP contribution in [0.1, 0.15) is 31.2 Å². The highest BCUT2D eigenvalue weighted by Crippen LogP contribution is 2.18. The molecule has 3 rings (SSSR count). The molecular weight excluding hydrogens is 300 g/mol. The minimum absolute atomic E-state index is 0.573. The molecule has 0 radical (unpaired) electrons. The number of fused-ring (bicyclic) bond motifs is 1. The third kappa shape index (κ3) is 3.67. The van der Waals surface area contributed by atoms with Gasteiger partial charge in [0.15, 0.2) is 5.65 Å². The van der Waals surface area contributed by atoms with E-state index in [1.165, 1.54) is 0 Å². The van der Waals surface area contributed by atoms with Crippen molar-refractivity contribution >= 4 is 16.9 Å². The van der Waals surface area contributed by atoms with Gasteiger partial charge in [-0.15, -0.1) is 0 Å². The lowest BCUT2D eigenvalue weighted by Crippen LogP contribution is -2.12. The molecule has 0 unspecified atom stereocenters. The molecule has 0 bridgehead atoms. The fourth-order valence-electron chi connectivity index (χ4n) is 2.74. The number of hydrogen-bond donors (Lipinski definition) is 1. The van der Waals surface area contributed by atoms with Crippen molar-refractivity contribution in [1.29, 1.82) is 0 Å². The first-order valence-corrected chi connectivity index (χ1v) is 8.47. The molecule has 3 aromatic rings. The number of nitrogen functional groups attached to an aromatic ring is 1. The zero-order valence-electron chi connectivity index (χ0n) is 14.3. The molecule has 0 aliphatic rings. The number of ether oxygens (including phenoxy) is 1. The van der Waals surface area contributed by atoms with Gasteiger partial charge in [-0.05, 0) is 49.2 Å². The number of anilines is 1. The molecule has 2 N–H and O–H groups in total. The highest BCUT2D eigenvalue weighted by atomic mass is 16.5. The molecule has 0 aliphatic carbocycles. The van der Waals surface area contributed by atoms with Crippen LogP contribution in [-0.2, 0) is 13.0 Å². The Morgan fingerprint density at radius 2 is 2.00 bits per heavy atom. The van der Waals surface area contributed by atoms with Crippen molar-refractivity contribution in [2.24, 2.45) is 0 Å². The molecule has 0 fully saturated rings. The van der Waals surface area contributed by atoms with Crippen LogP contribution in [0.2, 0.25) is 0 Å². The molecule has 0 spiro atoms. The molecule has 2 aromatic heterocycles. The van der Waals surface area contributed by atoms with Gasteiger partial charge in [0.05, 0.1) is 6.54 Å². The number of rotatable bonds is 7. The number of nitrogens with two attached hydrogens (primary N) is 1. The first-order chi connectivity index (χ1) is 11.7. The van der Waals surface area contributed by atoms with Crippen molar-refractivity contribution in [1.82, 2.24) is 14.5 Å². The van der Waals surface area contributed by atoms with Gasteiger partial charge in [0.2, 0.25) is 0 Å². The molecule has 2 heterocycles. The second-order valence-electron chi connectivity index (χ2n) is 6.06. The van der Waals surface area contributed by atoms with Crippen LogP contribution in [0.3, 0.4) is 0 Å². The van der Waals surface area contributed by atoms with E-state index in [1.807, 2.05) is 37.4 Å². The van der Waals surface area contributed by atoms with E-state index in [-0.39, 0.29) is 0 Å². The van der Waals surface area contributed by atoms with E-state index in [1.54, 1.807) is 0 Å². The SMILES string of the molecule is CCCCc1nc2cc(C)cnc2n1CCOc1ccc(N)cc1. The van der Waals surface area contributed by atoms with Crippen molar-refractivity contribution < 1.29 is 4.74 Å². The summed E-state index contributed by atoms with van der Waals surface area (Å²) >= 11 is 0. The summed E-state index contributed by atoms with van der Waals surface area (Å²) in [6.45, 7) is 5.54. The van der Waals surface area contributed by atoms with E-state index in [9.17, 15) is 0 Å². The van der Waals surface area contributed by atoms with Gasteiger partial charge < -0.3 is 15.0 Å². The largest absolute Gasteiger partial charge is 0.492 e. The van der Waals surface area contributed by atoms with E-state index in [0.717, 1.165) is 59.8 Å². The third-order valence-electron chi connectivity index (χ3n) is 4.02. The van der Waals surface area contributed by atoms with Crippen LogP contribution in [-0.4, -0.2) is 21.1 Å². The second-order valence-corrected chi connectivity index (χ2v) is 6.06. The van der Waals surface area contributed by atoms with Gasteiger partial charge in [-0.3, -0.25) is 0 Å². The molecule has 5 nitrogen and oxygen atoms in total. The van der Waals surface area contributed by atoms with Gasteiger partial charge in [0, 0.05) is 18.3 Å². The van der Waals surface area contributed by atoms with Crippen molar-refractivity contribution in [3.05, 3.63) is 47.9 Å². The lowest BCUT2D eigenvalue weighted by Gasteiger charge is -2.10. The summed E-state index contributed by atoms with van der Waals surface area (Å²) in [6, 6.07) is 9.56. The van der Waals surface area contributed by atoms with E-state index in [2.05, 4.69) is 22.5 Å².